The van der Waals surface area contributed by atoms with Crippen molar-refractivity contribution in [2.75, 3.05) is 12.0 Å². The number of carbonyl (C=O) groups is 4. The fourth-order valence-corrected chi connectivity index (χ4v) is 2.65. The van der Waals surface area contributed by atoms with Crippen molar-refractivity contribution in [3.05, 3.63) is 0 Å². The van der Waals surface area contributed by atoms with Gasteiger partial charge in [0.05, 0.1) is 6.04 Å². The summed E-state index contributed by atoms with van der Waals surface area (Å²) in [7, 11) is 0. The smallest absolute Gasteiger partial charge is 0.326 e. The maximum absolute atomic E-state index is 12.5. The Balaban J connectivity index is 5.03. The Hall–Kier alpha value is -1.81. The van der Waals surface area contributed by atoms with Crippen LogP contribution in [0.5, 0.6) is 0 Å². The number of hydrogen-bond donors (Lipinski definition) is 5. The fraction of sp³-hybridized carbons (Fsp3) is 0.765. The first kappa shape index (κ1) is 25.2. The van der Waals surface area contributed by atoms with Crippen molar-refractivity contribution in [1.29, 1.82) is 0 Å². The number of carboxylic acids is 1. The van der Waals surface area contributed by atoms with E-state index in [1.807, 2.05) is 20.1 Å². The molecule has 0 saturated heterocycles. The molecule has 10 heteroatoms. The number of amides is 3. The van der Waals surface area contributed by atoms with Gasteiger partial charge in [0.2, 0.25) is 17.7 Å². The van der Waals surface area contributed by atoms with Crippen molar-refractivity contribution >= 4 is 35.5 Å². The molecule has 156 valence electrons. The second-order valence-corrected chi connectivity index (χ2v) is 7.88. The third-order valence-electron chi connectivity index (χ3n) is 3.73. The van der Waals surface area contributed by atoms with Crippen LogP contribution in [0.25, 0.3) is 0 Å². The van der Waals surface area contributed by atoms with E-state index in [-0.39, 0.29) is 12.3 Å². The van der Waals surface area contributed by atoms with Crippen molar-refractivity contribution in [2.24, 2.45) is 11.7 Å². The van der Waals surface area contributed by atoms with Gasteiger partial charge in [0, 0.05) is 0 Å². The van der Waals surface area contributed by atoms with Crippen LogP contribution in [0.2, 0.25) is 0 Å². The second kappa shape index (κ2) is 12.6. The topological polar surface area (TPSA) is 151 Å². The Morgan fingerprint density at radius 2 is 1.48 bits per heavy atom. The summed E-state index contributed by atoms with van der Waals surface area (Å²) in [5, 5.41) is 16.8. The highest BCUT2D eigenvalue weighted by Gasteiger charge is 2.28. The van der Waals surface area contributed by atoms with E-state index in [0.717, 1.165) is 0 Å². The highest BCUT2D eigenvalue weighted by molar-refractivity contribution is 7.98. The van der Waals surface area contributed by atoms with Gasteiger partial charge >= 0.3 is 5.97 Å². The minimum absolute atomic E-state index is 0.0875. The molecule has 3 amide bonds. The van der Waals surface area contributed by atoms with Gasteiger partial charge in [0.1, 0.15) is 18.1 Å². The third-order valence-corrected chi connectivity index (χ3v) is 4.37. The van der Waals surface area contributed by atoms with Gasteiger partial charge < -0.3 is 26.8 Å². The predicted molar refractivity (Wildman–Crippen MR) is 105 cm³/mol. The summed E-state index contributed by atoms with van der Waals surface area (Å²) in [5.74, 6) is -2.03. The quantitative estimate of drug-likeness (QED) is 0.299. The number of aliphatic carboxylic acids is 1. The Labute approximate surface area is 164 Å². The summed E-state index contributed by atoms with van der Waals surface area (Å²) in [6, 6.07) is -3.56. The molecule has 27 heavy (non-hydrogen) atoms. The van der Waals surface area contributed by atoms with E-state index in [1.165, 1.54) is 25.6 Å². The number of carboxylic acid groups (broad SMARTS) is 1. The van der Waals surface area contributed by atoms with Gasteiger partial charge in [0.25, 0.3) is 0 Å². The summed E-state index contributed by atoms with van der Waals surface area (Å²) in [5.41, 5.74) is 5.46. The Morgan fingerprint density at radius 1 is 0.926 bits per heavy atom. The summed E-state index contributed by atoms with van der Waals surface area (Å²) >= 11 is 1.48. The van der Waals surface area contributed by atoms with Crippen LogP contribution < -0.4 is 21.7 Å². The van der Waals surface area contributed by atoms with Crippen molar-refractivity contribution in [3.8, 4) is 0 Å². The highest BCUT2D eigenvalue weighted by atomic mass is 32.2. The first-order valence-electron chi connectivity index (χ1n) is 8.88. The van der Waals surface area contributed by atoms with Gasteiger partial charge in [-0.2, -0.15) is 11.8 Å². The van der Waals surface area contributed by atoms with E-state index in [4.69, 9.17) is 5.73 Å². The average molecular weight is 405 g/mol. The SMILES string of the molecule is CSCCC(NC(=O)C(CC(C)C)NC(=O)C(C)NC(=O)C(C)N)C(=O)O. The van der Waals surface area contributed by atoms with Gasteiger partial charge in [-0.15, -0.1) is 0 Å². The van der Waals surface area contributed by atoms with E-state index in [0.29, 0.717) is 12.2 Å². The van der Waals surface area contributed by atoms with Gasteiger partial charge in [-0.1, -0.05) is 13.8 Å². The number of thioether (sulfide) groups is 1. The van der Waals surface area contributed by atoms with E-state index < -0.39 is 47.9 Å². The fourth-order valence-electron chi connectivity index (χ4n) is 2.18. The number of nitrogens with two attached hydrogens (primary N) is 1. The average Bonchev–Trinajstić information content (AvgIpc) is 2.56. The zero-order valence-electron chi connectivity index (χ0n) is 16.6. The molecule has 0 aliphatic rings. The number of hydrogen-bond acceptors (Lipinski definition) is 6. The maximum atomic E-state index is 12.5. The third kappa shape index (κ3) is 10.2. The maximum Gasteiger partial charge on any atom is 0.326 e. The molecule has 0 saturated carbocycles. The molecule has 0 aromatic carbocycles. The van der Waals surface area contributed by atoms with E-state index in [9.17, 15) is 24.3 Å². The van der Waals surface area contributed by atoms with Crippen LogP contribution in [-0.2, 0) is 19.2 Å². The number of carbonyl (C=O) groups excluding carboxylic acids is 3. The molecule has 0 aliphatic heterocycles. The minimum atomic E-state index is -1.12. The van der Waals surface area contributed by atoms with Crippen molar-refractivity contribution in [2.45, 2.75) is 64.7 Å². The molecule has 0 aromatic heterocycles. The largest absolute Gasteiger partial charge is 0.480 e. The van der Waals surface area contributed by atoms with Crippen molar-refractivity contribution < 1.29 is 24.3 Å². The monoisotopic (exact) mass is 404 g/mol. The number of nitrogens with one attached hydrogen (secondary N) is 3. The molecular formula is C17H32N4O5S. The molecule has 0 radical (unpaired) electrons. The molecule has 4 unspecified atom stereocenters. The molecule has 4 atom stereocenters. The van der Waals surface area contributed by atoms with Crippen LogP contribution in [0.4, 0.5) is 0 Å². The zero-order chi connectivity index (χ0) is 21.1. The Bertz CT molecular complexity index is 527. The molecule has 6 N–H and O–H groups in total. The lowest BCUT2D eigenvalue weighted by molar-refractivity contribution is -0.142. The molecule has 0 aliphatic carbocycles. The van der Waals surface area contributed by atoms with Gasteiger partial charge in [-0.3, -0.25) is 14.4 Å². The molecule has 9 nitrogen and oxygen atoms in total. The first-order chi connectivity index (χ1) is 12.5. The molecule has 0 bridgehead atoms. The highest BCUT2D eigenvalue weighted by Crippen LogP contribution is 2.07. The lowest BCUT2D eigenvalue weighted by Gasteiger charge is -2.24. The molecular weight excluding hydrogens is 372 g/mol. The molecule has 0 heterocycles. The predicted octanol–water partition coefficient (Wildman–Crippen LogP) is -0.308. The van der Waals surface area contributed by atoms with E-state index in [1.54, 1.807) is 0 Å². The van der Waals surface area contributed by atoms with Gasteiger partial charge in [0.15, 0.2) is 0 Å². The molecule has 0 rings (SSSR count). The van der Waals surface area contributed by atoms with Crippen LogP contribution in [0.1, 0.15) is 40.5 Å². The zero-order valence-corrected chi connectivity index (χ0v) is 17.4. The summed E-state index contributed by atoms with van der Waals surface area (Å²) < 4.78 is 0. The Morgan fingerprint density at radius 3 is 1.93 bits per heavy atom. The van der Waals surface area contributed by atoms with Crippen LogP contribution in [-0.4, -0.2) is 65.0 Å². The molecule has 0 fully saturated rings. The summed E-state index contributed by atoms with van der Waals surface area (Å²) in [4.78, 5) is 47.8. The van der Waals surface area contributed by atoms with Crippen LogP contribution in [0, 0.1) is 5.92 Å². The van der Waals surface area contributed by atoms with E-state index in [2.05, 4.69) is 16.0 Å². The lowest BCUT2D eigenvalue weighted by Crippen LogP contribution is -2.56. The second-order valence-electron chi connectivity index (χ2n) is 6.89. The van der Waals surface area contributed by atoms with Crippen LogP contribution in [0.3, 0.4) is 0 Å². The van der Waals surface area contributed by atoms with Crippen molar-refractivity contribution in [3.63, 3.8) is 0 Å². The van der Waals surface area contributed by atoms with Crippen LogP contribution in [0.15, 0.2) is 0 Å². The normalized spacial score (nSPS) is 15.4. The lowest BCUT2D eigenvalue weighted by atomic mass is 10.0. The molecule has 0 aromatic rings. The number of rotatable bonds is 12. The standard InChI is InChI=1S/C17H32N4O5S/c1-9(2)8-13(16(24)20-12(17(25)26)6-7-27-5)21-15(23)11(4)19-14(22)10(3)18/h9-13H,6-8,18H2,1-5H3,(H,19,22)(H,20,24)(H,21,23)(H,25,26). The van der Waals surface area contributed by atoms with Gasteiger partial charge in [-0.25, -0.2) is 4.79 Å². The summed E-state index contributed by atoms with van der Waals surface area (Å²) in [6.45, 7) is 6.75. The Kier molecular flexibility index (Phi) is 11.7. The minimum Gasteiger partial charge on any atom is -0.480 e. The van der Waals surface area contributed by atoms with Gasteiger partial charge in [-0.05, 0) is 44.6 Å². The summed E-state index contributed by atoms with van der Waals surface area (Å²) in [6.07, 6.45) is 2.46. The van der Waals surface area contributed by atoms with E-state index >= 15 is 0 Å². The van der Waals surface area contributed by atoms with Crippen molar-refractivity contribution in [1.82, 2.24) is 16.0 Å². The first-order valence-corrected chi connectivity index (χ1v) is 10.3. The van der Waals surface area contributed by atoms with Crippen LogP contribution >= 0.6 is 11.8 Å². The molecule has 0 spiro atoms.